The van der Waals surface area contributed by atoms with Crippen molar-refractivity contribution in [3.8, 4) is 5.75 Å². The van der Waals surface area contributed by atoms with Gasteiger partial charge in [-0.3, -0.25) is 4.79 Å². The zero-order chi connectivity index (χ0) is 19.1. The second kappa shape index (κ2) is 9.45. The number of nitrogens with one attached hydrogen (secondary N) is 1. The molecule has 2 aromatic carbocycles. The smallest absolute Gasteiger partial charge is 0.260 e. The molecule has 0 saturated carbocycles. The molecule has 4 nitrogen and oxygen atoms in total. The van der Waals surface area contributed by atoms with Crippen LogP contribution in [0.4, 0.5) is 5.69 Å². The summed E-state index contributed by atoms with van der Waals surface area (Å²) in [5.41, 5.74) is 3.98. The van der Waals surface area contributed by atoms with Gasteiger partial charge in [-0.05, 0) is 74.4 Å². The molecule has 1 amide bonds. The van der Waals surface area contributed by atoms with Gasteiger partial charge in [0.15, 0.2) is 6.10 Å². The average Bonchev–Trinajstić information content (AvgIpc) is 2.71. The van der Waals surface area contributed by atoms with E-state index in [0.717, 1.165) is 31.6 Å². The number of nitrogens with zero attached hydrogens (tertiary/aromatic N) is 1. The maximum absolute atomic E-state index is 12.3. The van der Waals surface area contributed by atoms with Crippen LogP contribution >= 0.6 is 0 Å². The lowest BCUT2D eigenvalue weighted by Gasteiger charge is -2.20. The third-order valence-corrected chi connectivity index (χ3v) is 5.17. The first-order valence-electron chi connectivity index (χ1n) is 9.96. The molecule has 0 aliphatic heterocycles. The average molecular weight is 367 g/mol. The molecular formula is C23H30N2O2. The van der Waals surface area contributed by atoms with Crippen LogP contribution in [0.5, 0.6) is 5.75 Å². The van der Waals surface area contributed by atoms with Crippen LogP contribution in [0.25, 0.3) is 0 Å². The first-order chi connectivity index (χ1) is 13.1. The van der Waals surface area contributed by atoms with Crippen LogP contribution < -0.4 is 15.0 Å². The van der Waals surface area contributed by atoms with Crippen LogP contribution in [0.2, 0.25) is 0 Å². The number of hydrogen-bond acceptors (Lipinski definition) is 3. The molecule has 1 aliphatic carbocycles. The number of rotatable bonds is 8. The Kier molecular flexibility index (Phi) is 6.74. The van der Waals surface area contributed by atoms with Gasteiger partial charge in [0, 0.05) is 25.8 Å². The van der Waals surface area contributed by atoms with Crippen LogP contribution in [0.1, 0.15) is 37.3 Å². The van der Waals surface area contributed by atoms with E-state index in [1.54, 1.807) is 0 Å². The molecule has 144 valence electrons. The molecule has 1 N–H and O–H groups in total. The number of amides is 1. The Balaban J connectivity index is 1.40. The molecule has 0 heterocycles. The molecule has 27 heavy (non-hydrogen) atoms. The van der Waals surface area contributed by atoms with E-state index in [4.69, 9.17) is 4.74 Å². The summed E-state index contributed by atoms with van der Waals surface area (Å²) in [6, 6.07) is 16.5. The summed E-state index contributed by atoms with van der Waals surface area (Å²) in [6.07, 6.45) is 5.18. The summed E-state index contributed by atoms with van der Waals surface area (Å²) in [5.74, 6) is 0.734. The lowest BCUT2D eigenvalue weighted by Crippen LogP contribution is -2.37. The monoisotopic (exact) mass is 366 g/mol. The minimum absolute atomic E-state index is 0.0601. The van der Waals surface area contributed by atoms with Crippen molar-refractivity contribution < 1.29 is 9.53 Å². The Morgan fingerprint density at radius 1 is 1.11 bits per heavy atom. The van der Waals surface area contributed by atoms with Gasteiger partial charge in [0.25, 0.3) is 5.91 Å². The number of anilines is 1. The number of ether oxygens (including phenoxy) is 1. The maximum atomic E-state index is 12.3. The van der Waals surface area contributed by atoms with E-state index >= 15 is 0 Å². The summed E-state index contributed by atoms with van der Waals surface area (Å²) in [5, 5.41) is 2.98. The molecule has 1 atom stereocenters. The molecule has 3 rings (SSSR count). The van der Waals surface area contributed by atoms with E-state index in [9.17, 15) is 4.79 Å². The molecule has 0 radical (unpaired) electrons. The third kappa shape index (κ3) is 5.49. The normalized spacial score (nSPS) is 14.1. The Morgan fingerprint density at radius 2 is 1.85 bits per heavy atom. The summed E-state index contributed by atoms with van der Waals surface area (Å²) in [6.45, 7) is 3.35. The molecule has 0 saturated heterocycles. The third-order valence-electron chi connectivity index (χ3n) is 5.17. The van der Waals surface area contributed by atoms with E-state index in [0.29, 0.717) is 6.54 Å². The predicted octanol–water partition coefficient (Wildman–Crippen LogP) is 3.98. The molecule has 0 bridgehead atoms. The van der Waals surface area contributed by atoms with E-state index in [1.807, 2.05) is 31.2 Å². The van der Waals surface area contributed by atoms with Crippen molar-refractivity contribution in [2.24, 2.45) is 0 Å². The van der Waals surface area contributed by atoms with Gasteiger partial charge in [-0.2, -0.15) is 0 Å². The fraction of sp³-hybridized carbons (Fsp3) is 0.435. The highest BCUT2D eigenvalue weighted by molar-refractivity contribution is 5.80. The summed E-state index contributed by atoms with van der Waals surface area (Å²) < 4.78 is 5.87. The van der Waals surface area contributed by atoms with Gasteiger partial charge in [0.2, 0.25) is 0 Å². The van der Waals surface area contributed by atoms with Gasteiger partial charge in [0.05, 0.1) is 0 Å². The SMILES string of the molecule is C[C@@H](Oc1ccc2c(c1)CCCC2)C(=O)NCCCN(C)c1ccccc1. The lowest BCUT2D eigenvalue weighted by molar-refractivity contribution is -0.127. The predicted molar refractivity (Wildman–Crippen MR) is 111 cm³/mol. The Hall–Kier alpha value is -2.49. The van der Waals surface area contributed by atoms with Crippen molar-refractivity contribution in [3.05, 3.63) is 59.7 Å². The van der Waals surface area contributed by atoms with E-state index in [1.165, 1.54) is 29.7 Å². The van der Waals surface area contributed by atoms with Crippen molar-refractivity contribution in [2.45, 2.75) is 45.1 Å². The van der Waals surface area contributed by atoms with Crippen molar-refractivity contribution in [1.29, 1.82) is 0 Å². The van der Waals surface area contributed by atoms with Crippen molar-refractivity contribution >= 4 is 11.6 Å². The minimum atomic E-state index is -0.488. The minimum Gasteiger partial charge on any atom is -0.481 e. The van der Waals surface area contributed by atoms with Gasteiger partial charge in [0.1, 0.15) is 5.75 Å². The summed E-state index contributed by atoms with van der Waals surface area (Å²) in [7, 11) is 2.07. The molecule has 4 heteroatoms. The van der Waals surface area contributed by atoms with E-state index in [2.05, 4.69) is 41.5 Å². The van der Waals surface area contributed by atoms with Gasteiger partial charge < -0.3 is 15.0 Å². The second-order valence-electron chi connectivity index (χ2n) is 7.30. The zero-order valence-electron chi connectivity index (χ0n) is 16.4. The topological polar surface area (TPSA) is 41.6 Å². The Bertz CT molecular complexity index is 745. The van der Waals surface area contributed by atoms with Crippen molar-refractivity contribution in [3.63, 3.8) is 0 Å². The van der Waals surface area contributed by atoms with E-state index in [-0.39, 0.29) is 5.91 Å². The van der Waals surface area contributed by atoms with Crippen molar-refractivity contribution in [2.75, 3.05) is 25.0 Å². The number of carbonyl (C=O) groups is 1. The molecule has 0 spiro atoms. The Labute approximate surface area is 162 Å². The number of aryl methyl sites for hydroxylation is 2. The van der Waals surface area contributed by atoms with Gasteiger partial charge >= 0.3 is 0 Å². The van der Waals surface area contributed by atoms with Crippen molar-refractivity contribution in [1.82, 2.24) is 5.32 Å². The van der Waals surface area contributed by atoms with Crippen LogP contribution in [0.3, 0.4) is 0 Å². The molecular weight excluding hydrogens is 336 g/mol. The maximum Gasteiger partial charge on any atom is 0.260 e. The number of para-hydroxylation sites is 1. The van der Waals surface area contributed by atoms with Gasteiger partial charge in [-0.25, -0.2) is 0 Å². The molecule has 1 aliphatic rings. The van der Waals surface area contributed by atoms with Crippen LogP contribution in [0.15, 0.2) is 48.5 Å². The standard InChI is InChI=1S/C23H30N2O2/c1-18(27-22-14-13-19-9-6-7-10-20(19)17-22)23(26)24-15-8-16-25(2)21-11-4-3-5-12-21/h3-5,11-14,17-18H,6-10,15-16H2,1-2H3,(H,24,26)/t18-/m1/s1. The first kappa shape index (κ1) is 19.3. The molecule has 0 unspecified atom stereocenters. The van der Waals surface area contributed by atoms with E-state index < -0.39 is 6.10 Å². The molecule has 2 aromatic rings. The van der Waals surface area contributed by atoms with Gasteiger partial charge in [-0.1, -0.05) is 24.3 Å². The molecule has 0 fully saturated rings. The van der Waals surface area contributed by atoms with Gasteiger partial charge in [-0.15, -0.1) is 0 Å². The van der Waals surface area contributed by atoms with Crippen LogP contribution in [0, 0.1) is 0 Å². The fourth-order valence-corrected chi connectivity index (χ4v) is 3.52. The number of carbonyl (C=O) groups excluding carboxylic acids is 1. The quantitative estimate of drug-likeness (QED) is 0.719. The Morgan fingerprint density at radius 3 is 2.63 bits per heavy atom. The number of benzene rings is 2. The zero-order valence-corrected chi connectivity index (χ0v) is 16.4. The summed E-state index contributed by atoms with van der Waals surface area (Å²) in [4.78, 5) is 14.5. The highest BCUT2D eigenvalue weighted by Gasteiger charge is 2.16. The summed E-state index contributed by atoms with van der Waals surface area (Å²) >= 11 is 0. The van der Waals surface area contributed by atoms with Crippen LogP contribution in [-0.4, -0.2) is 32.1 Å². The highest BCUT2D eigenvalue weighted by atomic mass is 16.5. The first-order valence-corrected chi connectivity index (χ1v) is 9.96. The lowest BCUT2D eigenvalue weighted by atomic mass is 9.92. The largest absolute Gasteiger partial charge is 0.481 e. The second-order valence-corrected chi connectivity index (χ2v) is 7.30. The van der Waals surface area contributed by atoms with Crippen LogP contribution in [-0.2, 0) is 17.6 Å². The number of fused-ring (bicyclic) bond motifs is 1. The highest BCUT2D eigenvalue weighted by Crippen LogP contribution is 2.25. The fourth-order valence-electron chi connectivity index (χ4n) is 3.52. The number of hydrogen-bond donors (Lipinski definition) is 1. The molecule has 0 aromatic heterocycles.